The van der Waals surface area contributed by atoms with Gasteiger partial charge in [-0.15, -0.1) is 10.2 Å². The van der Waals surface area contributed by atoms with Gasteiger partial charge in [-0.1, -0.05) is 31.2 Å². The van der Waals surface area contributed by atoms with Crippen molar-refractivity contribution in [1.82, 2.24) is 10.2 Å². The smallest absolute Gasteiger partial charge is 0.282 e. The number of carbonyl (C=O) groups is 1. The molecule has 4 rings (SSSR count). The normalized spacial score (nSPS) is 14.3. The van der Waals surface area contributed by atoms with Crippen molar-refractivity contribution in [3.05, 3.63) is 76.3 Å². The van der Waals surface area contributed by atoms with Gasteiger partial charge in [0.15, 0.2) is 5.82 Å². The summed E-state index contributed by atoms with van der Waals surface area (Å²) in [6, 6.07) is 16.9. The van der Waals surface area contributed by atoms with Gasteiger partial charge in [-0.05, 0) is 49.1 Å². The van der Waals surface area contributed by atoms with Crippen molar-refractivity contribution in [3.8, 4) is 11.3 Å². The molecule has 0 aliphatic carbocycles. The van der Waals surface area contributed by atoms with Gasteiger partial charge in [-0.3, -0.25) is 14.9 Å². The summed E-state index contributed by atoms with van der Waals surface area (Å²) >= 11 is 0. The first-order valence-electron chi connectivity index (χ1n) is 10.2. The molecule has 2 heterocycles. The number of nitrogens with zero attached hydrogens (tertiary/aromatic N) is 4. The maximum absolute atomic E-state index is 12.6. The number of nitro groups is 1. The standard InChI is InChI=1S/C23H23N5O3/c1-16-11-13-27(14-12-16)22-10-9-20(25-26-22)17-5-4-6-18(15-17)24-23(29)19-7-2-3-8-21(19)28(30)31/h2-10,15-16H,11-14H2,1H3,(H,24,29). The third kappa shape index (κ3) is 4.69. The van der Waals surface area contributed by atoms with Crippen molar-refractivity contribution in [2.75, 3.05) is 23.3 Å². The van der Waals surface area contributed by atoms with Gasteiger partial charge >= 0.3 is 0 Å². The fraction of sp³-hybridized carbons (Fsp3) is 0.261. The first-order valence-corrected chi connectivity index (χ1v) is 10.2. The number of benzene rings is 2. The Morgan fingerprint density at radius 2 is 1.84 bits per heavy atom. The topological polar surface area (TPSA) is 101 Å². The Morgan fingerprint density at radius 3 is 2.55 bits per heavy atom. The Hall–Kier alpha value is -3.81. The molecule has 0 spiro atoms. The summed E-state index contributed by atoms with van der Waals surface area (Å²) in [6.45, 7) is 4.25. The summed E-state index contributed by atoms with van der Waals surface area (Å²) < 4.78 is 0. The number of hydrogen-bond acceptors (Lipinski definition) is 6. The minimum Gasteiger partial charge on any atom is -0.355 e. The Labute approximate surface area is 180 Å². The summed E-state index contributed by atoms with van der Waals surface area (Å²) in [5.41, 5.74) is 1.79. The minimum atomic E-state index is -0.564. The lowest BCUT2D eigenvalue weighted by Gasteiger charge is -2.30. The van der Waals surface area contributed by atoms with E-state index in [0.717, 1.165) is 43.2 Å². The number of carbonyl (C=O) groups excluding carboxylic acids is 1. The molecular formula is C23H23N5O3. The summed E-state index contributed by atoms with van der Waals surface area (Å²) in [7, 11) is 0. The summed E-state index contributed by atoms with van der Waals surface area (Å²) in [4.78, 5) is 25.4. The molecule has 0 atom stereocenters. The van der Waals surface area contributed by atoms with E-state index in [1.807, 2.05) is 18.2 Å². The van der Waals surface area contributed by atoms with Crippen molar-refractivity contribution in [1.29, 1.82) is 0 Å². The van der Waals surface area contributed by atoms with Crippen LogP contribution >= 0.6 is 0 Å². The Bertz CT molecular complexity index is 1090. The van der Waals surface area contributed by atoms with E-state index >= 15 is 0 Å². The van der Waals surface area contributed by atoms with Crippen LogP contribution < -0.4 is 10.2 Å². The average Bonchev–Trinajstić information content (AvgIpc) is 2.80. The number of hydrogen-bond donors (Lipinski definition) is 1. The van der Waals surface area contributed by atoms with Crippen LogP contribution in [0.2, 0.25) is 0 Å². The second-order valence-corrected chi connectivity index (χ2v) is 7.76. The number of nitro benzene ring substituents is 1. The van der Waals surface area contributed by atoms with Crippen LogP contribution in [-0.4, -0.2) is 34.1 Å². The van der Waals surface area contributed by atoms with Crippen molar-refractivity contribution < 1.29 is 9.72 Å². The molecule has 8 heteroatoms. The van der Waals surface area contributed by atoms with Crippen LogP contribution in [0.4, 0.5) is 17.2 Å². The van der Waals surface area contributed by atoms with Gasteiger partial charge < -0.3 is 10.2 Å². The minimum absolute atomic E-state index is 0.0119. The number of nitrogens with one attached hydrogen (secondary N) is 1. The Kier molecular flexibility index (Phi) is 5.88. The summed E-state index contributed by atoms with van der Waals surface area (Å²) in [6.07, 6.45) is 2.31. The van der Waals surface area contributed by atoms with Crippen LogP contribution in [-0.2, 0) is 0 Å². The molecule has 31 heavy (non-hydrogen) atoms. The molecule has 158 valence electrons. The number of rotatable bonds is 5. The fourth-order valence-electron chi connectivity index (χ4n) is 3.67. The highest BCUT2D eigenvalue weighted by atomic mass is 16.6. The lowest BCUT2D eigenvalue weighted by molar-refractivity contribution is -0.385. The number of para-hydroxylation sites is 1. The van der Waals surface area contributed by atoms with Crippen molar-refractivity contribution in [3.63, 3.8) is 0 Å². The molecule has 2 aromatic carbocycles. The zero-order valence-corrected chi connectivity index (χ0v) is 17.2. The van der Waals surface area contributed by atoms with E-state index in [9.17, 15) is 14.9 Å². The highest BCUT2D eigenvalue weighted by molar-refractivity contribution is 6.07. The van der Waals surface area contributed by atoms with Crippen LogP contribution in [0.25, 0.3) is 11.3 Å². The van der Waals surface area contributed by atoms with E-state index in [1.54, 1.807) is 24.3 Å². The SMILES string of the molecule is CC1CCN(c2ccc(-c3cccc(NC(=O)c4ccccc4[N+](=O)[O-])c3)nn2)CC1. The lowest BCUT2D eigenvalue weighted by Crippen LogP contribution is -2.33. The quantitative estimate of drug-likeness (QED) is 0.483. The molecule has 1 N–H and O–H groups in total. The first-order chi connectivity index (χ1) is 15.0. The predicted octanol–water partition coefficient (Wildman–Crippen LogP) is 4.54. The zero-order valence-electron chi connectivity index (χ0n) is 17.2. The van der Waals surface area contributed by atoms with Crippen LogP contribution in [0, 0.1) is 16.0 Å². The lowest BCUT2D eigenvalue weighted by atomic mass is 9.99. The molecule has 0 bridgehead atoms. The molecule has 1 amide bonds. The number of piperidine rings is 1. The largest absolute Gasteiger partial charge is 0.355 e. The predicted molar refractivity (Wildman–Crippen MR) is 119 cm³/mol. The van der Waals surface area contributed by atoms with Gasteiger partial charge in [0.05, 0.1) is 10.6 Å². The van der Waals surface area contributed by atoms with Crippen LogP contribution in [0.15, 0.2) is 60.7 Å². The molecule has 8 nitrogen and oxygen atoms in total. The van der Waals surface area contributed by atoms with E-state index in [-0.39, 0.29) is 11.3 Å². The van der Waals surface area contributed by atoms with E-state index in [2.05, 4.69) is 27.3 Å². The van der Waals surface area contributed by atoms with Gasteiger partial charge in [-0.25, -0.2) is 0 Å². The van der Waals surface area contributed by atoms with E-state index in [0.29, 0.717) is 11.4 Å². The maximum atomic E-state index is 12.6. The van der Waals surface area contributed by atoms with Gasteiger partial charge in [0.2, 0.25) is 0 Å². The van der Waals surface area contributed by atoms with Gasteiger partial charge in [0.1, 0.15) is 5.56 Å². The molecule has 1 aliphatic heterocycles. The Morgan fingerprint density at radius 1 is 1.06 bits per heavy atom. The highest BCUT2D eigenvalue weighted by Crippen LogP contribution is 2.25. The summed E-state index contributed by atoms with van der Waals surface area (Å²) in [5, 5.41) is 22.7. The maximum Gasteiger partial charge on any atom is 0.282 e. The first kappa shape index (κ1) is 20.5. The highest BCUT2D eigenvalue weighted by Gasteiger charge is 2.20. The summed E-state index contributed by atoms with van der Waals surface area (Å²) in [5.74, 6) is 1.08. The molecule has 1 aliphatic rings. The number of aromatic nitrogens is 2. The third-order valence-corrected chi connectivity index (χ3v) is 5.52. The van der Waals surface area contributed by atoms with Gasteiger partial charge in [-0.2, -0.15) is 0 Å². The van der Waals surface area contributed by atoms with Gasteiger partial charge in [0.25, 0.3) is 11.6 Å². The second kappa shape index (κ2) is 8.91. The molecule has 1 aromatic heterocycles. The number of anilines is 2. The molecule has 1 fully saturated rings. The van der Waals surface area contributed by atoms with Crippen molar-refractivity contribution >= 4 is 23.1 Å². The molecule has 1 saturated heterocycles. The van der Waals surface area contributed by atoms with Crippen LogP contribution in [0.5, 0.6) is 0 Å². The Balaban J connectivity index is 1.50. The third-order valence-electron chi connectivity index (χ3n) is 5.52. The second-order valence-electron chi connectivity index (χ2n) is 7.76. The van der Waals surface area contributed by atoms with Crippen molar-refractivity contribution in [2.24, 2.45) is 5.92 Å². The van der Waals surface area contributed by atoms with Crippen LogP contribution in [0.1, 0.15) is 30.1 Å². The molecule has 0 radical (unpaired) electrons. The van der Waals surface area contributed by atoms with E-state index in [1.165, 1.54) is 18.2 Å². The van der Waals surface area contributed by atoms with Crippen molar-refractivity contribution in [2.45, 2.75) is 19.8 Å². The molecule has 0 saturated carbocycles. The average molecular weight is 417 g/mol. The monoisotopic (exact) mass is 417 g/mol. The van der Waals surface area contributed by atoms with E-state index < -0.39 is 10.8 Å². The fourth-order valence-corrected chi connectivity index (χ4v) is 3.67. The molecular weight excluding hydrogens is 394 g/mol. The molecule has 0 unspecified atom stereocenters. The van der Waals surface area contributed by atoms with Gasteiger partial charge in [0, 0.05) is 30.4 Å². The van der Waals surface area contributed by atoms with Crippen LogP contribution in [0.3, 0.4) is 0 Å². The number of amides is 1. The molecule has 3 aromatic rings. The zero-order chi connectivity index (χ0) is 21.8. The van der Waals surface area contributed by atoms with E-state index in [4.69, 9.17) is 0 Å².